The van der Waals surface area contributed by atoms with Gasteiger partial charge < -0.3 is 20.1 Å². The van der Waals surface area contributed by atoms with Crippen LogP contribution in [0.15, 0.2) is 0 Å². The number of morpholine rings is 1. The summed E-state index contributed by atoms with van der Waals surface area (Å²) < 4.78 is 10.4. The summed E-state index contributed by atoms with van der Waals surface area (Å²) >= 11 is 0. The van der Waals surface area contributed by atoms with Crippen LogP contribution in [0.2, 0.25) is 0 Å². The quantitative estimate of drug-likeness (QED) is 0.603. The fourth-order valence-corrected chi connectivity index (χ4v) is 1.81. The summed E-state index contributed by atoms with van der Waals surface area (Å²) in [4.78, 5) is 11.6. The van der Waals surface area contributed by atoms with Gasteiger partial charge >= 0.3 is 0 Å². The van der Waals surface area contributed by atoms with Gasteiger partial charge in [-0.15, -0.1) is 0 Å². The van der Waals surface area contributed by atoms with Crippen molar-refractivity contribution in [1.29, 1.82) is 0 Å². The number of rotatable bonds is 8. The second kappa shape index (κ2) is 9.39. The molecule has 0 aliphatic carbocycles. The van der Waals surface area contributed by atoms with E-state index in [1.54, 1.807) is 7.11 Å². The zero-order valence-corrected chi connectivity index (χ0v) is 10.7. The summed E-state index contributed by atoms with van der Waals surface area (Å²) in [5.74, 6) is 0.0884. The largest absolute Gasteiger partial charge is 0.385 e. The molecule has 0 spiro atoms. The lowest BCUT2D eigenvalue weighted by atomic mass is 10.2. The van der Waals surface area contributed by atoms with Crippen LogP contribution in [0.25, 0.3) is 0 Å². The van der Waals surface area contributed by atoms with Crippen molar-refractivity contribution < 1.29 is 14.3 Å². The Bertz CT molecular complexity index is 206. The molecule has 1 rings (SSSR count). The number of unbranched alkanes of at least 4 members (excludes halogenated alkanes) is 2. The number of ether oxygens (including phenoxy) is 2. The van der Waals surface area contributed by atoms with E-state index in [1.165, 1.54) is 0 Å². The first-order valence-corrected chi connectivity index (χ1v) is 6.41. The number of hydrogen-bond acceptors (Lipinski definition) is 4. The van der Waals surface area contributed by atoms with Crippen molar-refractivity contribution in [2.75, 3.05) is 40.0 Å². The van der Waals surface area contributed by atoms with Crippen molar-refractivity contribution in [3.63, 3.8) is 0 Å². The van der Waals surface area contributed by atoms with Gasteiger partial charge in [-0.05, 0) is 19.3 Å². The van der Waals surface area contributed by atoms with Gasteiger partial charge in [0.25, 0.3) is 0 Å². The first-order chi connectivity index (χ1) is 8.33. The van der Waals surface area contributed by atoms with Crippen LogP contribution in [0.5, 0.6) is 0 Å². The van der Waals surface area contributed by atoms with Crippen LogP contribution in [0.1, 0.15) is 25.7 Å². The lowest BCUT2D eigenvalue weighted by molar-refractivity contribution is -0.124. The molecule has 1 amide bonds. The Morgan fingerprint density at radius 3 is 3.06 bits per heavy atom. The highest BCUT2D eigenvalue weighted by Crippen LogP contribution is 2.01. The molecule has 0 aromatic heterocycles. The predicted molar refractivity (Wildman–Crippen MR) is 66.0 cm³/mol. The molecule has 1 atom stereocenters. The summed E-state index contributed by atoms with van der Waals surface area (Å²) in [7, 11) is 1.71. The van der Waals surface area contributed by atoms with Gasteiger partial charge in [-0.25, -0.2) is 0 Å². The van der Waals surface area contributed by atoms with Gasteiger partial charge in [0, 0.05) is 33.4 Å². The smallest absolute Gasteiger partial charge is 0.222 e. The fourth-order valence-electron chi connectivity index (χ4n) is 1.81. The van der Waals surface area contributed by atoms with Crippen LogP contribution in [-0.2, 0) is 14.3 Å². The molecule has 1 unspecified atom stereocenters. The molecule has 5 nitrogen and oxygen atoms in total. The molecule has 1 fully saturated rings. The first kappa shape index (κ1) is 14.4. The Morgan fingerprint density at radius 1 is 1.47 bits per heavy atom. The summed E-state index contributed by atoms with van der Waals surface area (Å²) in [5, 5.41) is 6.13. The molecule has 0 aromatic rings. The predicted octanol–water partition coefficient (Wildman–Crippen LogP) is 0.298. The highest BCUT2D eigenvalue weighted by Gasteiger charge is 2.16. The number of nitrogens with one attached hydrogen (secondary N) is 2. The number of methoxy groups -OCH3 is 1. The highest BCUT2D eigenvalue weighted by atomic mass is 16.5. The average molecular weight is 244 g/mol. The molecular formula is C12H24N2O3. The SMILES string of the molecule is COCCCCCNC(=O)CC1CNCCO1. The van der Waals surface area contributed by atoms with Crippen LogP contribution in [-0.4, -0.2) is 52.0 Å². The standard InChI is InChI=1S/C12H24N2O3/c1-16-7-4-2-3-5-14-12(15)9-11-10-13-6-8-17-11/h11,13H,2-10H2,1H3,(H,14,15). The van der Waals surface area contributed by atoms with Crippen molar-refractivity contribution in [1.82, 2.24) is 10.6 Å². The van der Waals surface area contributed by atoms with Gasteiger partial charge in [0.2, 0.25) is 5.91 Å². The summed E-state index contributed by atoms with van der Waals surface area (Å²) in [6.45, 7) is 3.92. The van der Waals surface area contributed by atoms with E-state index in [4.69, 9.17) is 9.47 Å². The van der Waals surface area contributed by atoms with Crippen molar-refractivity contribution in [2.24, 2.45) is 0 Å². The number of carbonyl (C=O) groups excluding carboxylic acids is 1. The molecule has 100 valence electrons. The number of hydrogen-bond donors (Lipinski definition) is 2. The third-order valence-electron chi connectivity index (χ3n) is 2.76. The van der Waals surface area contributed by atoms with E-state index >= 15 is 0 Å². The minimum Gasteiger partial charge on any atom is -0.385 e. The maximum absolute atomic E-state index is 11.6. The van der Waals surface area contributed by atoms with Crippen molar-refractivity contribution in [3.05, 3.63) is 0 Å². The molecule has 0 bridgehead atoms. The Morgan fingerprint density at radius 2 is 2.35 bits per heavy atom. The molecule has 1 aliphatic heterocycles. The first-order valence-electron chi connectivity index (χ1n) is 6.41. The van der Waals surface area contributed by atoms with Crippen LogP contribution in [0.3, 0.4) is 0 Å². The minimum atomic E-state index is 0.0391. The monoisotopic (exact) mass is 244 g/mol. The number of carbonyl (C=O) groups is 1. The van der Waals surface area contributed by atoms with Gasteiger partial charge in [-0.2, -0.15) is 0 Å². The van der Waals surface area contributed by atoms with Gasteiger partial charge in [-0.1, -0.05) is 0 Å². The second-order valence-corrected chi connectivity index (χ2v) is 4.30. The lowest BCUT2D eigenvalue weighted by Gasteiger charge is -2.23. The van der Waals surface area contributed by atoms with E-state index in [0.29, 0.717) is 13.0 Å². The summed E-state index contributed by atoms with van der Waals surface area (Å²) in [5.41, 5.74) is 0. The molecule has 2 N–H and O–H groups in total. The van der Waals surface area contributed by atoms with Crippen molar-refractivity contribution >= 4 is 5.91 Å². The molecule has 0 radical (unpaired) electrons. The third kappa shape index (κ3) is 7.31. The number of amides is 1. The van der Waals surface area contributed by atoms with Crippen molar-refractivity contribution in [2.45, 2.75) is 31.8 Å². The Hall–Kier alpha value is -0.650. The normalized spacial score (nSPS) is 20.2. The zero-order valence-electron chi connectivity index (χ0n) is 10.7. The van der Waals surface area contributed by atoms with Crippen LogP contribution < -0.4 is 10.6 Å². The van der Waals surface area contributed by atoms with E-state index < -0.39 is 0 Å². The van der Waals surface area contributed by atoms with E-state index in [0.717, 1.165) is 45.5 Å². The van der Waals surface area contributed by atoms with Crippen molar-refractivity contribution in [3.8, 4) is 0 Å². The Balaban J connectivity index is 1.93. The molecule has 1 saturated heterocycles. The van der Waals surface area contributed by atoms with E-state index in [2.05, 4.69) is 10.6 Å². The third-order valence-corrected chi connectivity index (χ3v) is 2.76. The molecule has 0 saturated carbocycles. The summed E-state index contributed by atoms with van der Waals surface area (Å²) in [6, 6.07) is 0. The second-order valence-electron chi connectivity index (χ2n) is 4.30. The van der Waals surface area contributed by atoms with Gasteiger partial charge in [-0.3, -0.25) is 4.79 Å². The zero-order chi connectivity index (χ0) is 12.3. The van der Waals surface area contributed by atoms with Gasteiger partial charge in [0.1, 0.15) is 0 Å². The molecule has 5 heteroatoms. The molecular weight excluding hydrogens is 220 g/mol. The van der Waals surface area contributed by atoms with Gasteiger partial charge in [0.15, 0.2) is 0 Å². The van der Waals surface area contributed by atoms with Gasteiger partial charge in [0.05, 0.1) is 19.1 Å². The average Bonchev–Trinajstić information content (AvgIpc) is 2.35. The molecule has 17 heavy (non-hydrogen) atoms. The Kier molecular flexibility index (Phi) is 7.96. The van der Waals surface area contributed by atoms with Crippen LogP contribution in [0, 0.1) is 0 Å². The van der Waals surface area contributed by atoms with E-state index in [-0.39, 0.29) is 12.0 Å². The highest BCUT2D eigenvalue weighted by molar-refractivity contribution is 5.76. The molecule has 1 aliphatic rings. The van der Waals surface area contributed by atoms with E-state index in [9.17, 15) is 4.79 Å². The van der Waals surface area contributed by atoms with Crippen LogP contribution >= 0.6 is 0 Å². The maximum atomic E-state index is 11.6. The lowest BCUT2D eigenvalue weighted by Crippen LogP contribution is -2.41. The topological polar surface area (TPSA) is 59.6 Å². The Labute approximate surface area is 103 Å². The van der Waals surface area contributed by atoms with Crippen LogP contribution in [0.4, 0.5) is 0 Å². The summed E-state index contributed by atoms with van der Waals surface area (Å²) in [6.07, 6.45) is 3.67. The maximum Gasteiger partial charge on any atom is 0.222 e. The fraction of sp³-hybridized carbons (Fsp3) is 0.917. The molecule has 0 aromatic carbocycles. The minimum absolute atomic E-state index is 0.0391. The molecule has 1 heterocycles. The van der Waals surface area contributed by atoms with E-state index in [1.807, 2.05) is 0 Å².